The van der Waals surface area contributed by atoms with E-state index in [-0.39, 0.29) is 17.6 Å². The molecule has 1 atom stereocenters. The van der Waals surface area contributed by atoms with E-state index in [1.807, 2.05) is 17.0 Å². The number of hydrogen-bond donors (Lipinski definition) is 4. The monoisotopic (exact) mass is 378 g/mol. The Morgan fingerprint density at radius 2 is 2.00 bits per heavy atom. The lowest BCUT2D eigenvalue weighted by Gasteiger charge is -2.15. The van der Waals surface area contributed by atoms with Crippen LogP contribution in [0.4, 0.5) is 5.82 Å². The molecule has 6 N–H and O–H groups in total. The molecule has 2 fully saturated rings. The number of carbonyl (C=O) groups excluding carboxylic acids is 1. The van der Waals surface area contributed by atoms with Gasteiger partial charge in [-0.1, -0.05) is 18.7 Å². The molecule has 4 rings (SSSR count). The van der Waals surface area contributed by atoms with Gasteiger partial charge in [0.05, 0.1) is 0 Å². The van der Waals surface area contributed by atoms with Crippen molar-refractivity contribution in [3.8, 4) is 5.75 Å². The van der Waals surface area contributed by atoms with E-state index in [0.717, 1.165) is 37.1 Å². The second-order valence-electron chi connectivity index (χ2n) is 7.64. The number of anilines is 1. The molecule has 2 aromatic rings. The second-order valence-corrected chi connectivity index (χ2v) is 7.64. The van der Waals surface area contributed by atoms with Gasteiger partial charge in [0.1, 0.15) is 11.6 Å². The number of rotatable bonds is 5. The van der Waals surface area contributed by atoms with Gasteiger partial charge in [-0.25, -0.2) is 0 Å². The van der Waals surface area contributed by atoms with Crippen molar-refractivity contribution >= 4 is 23.5 Å². The fourth-order valence-corrected chi connectivity index (χ4v) is 4.14. The molecule has 1 aromatic carbocycles. The molecule has 0 radical (unpaired) electrons. The van der Waals surface area contributed by atoms with Gasteiger partial charge < -0.3 is 26.5 Å². The predicted octanol–water partition coefficient (Wildman–Crippen LogP) is 3.14. The van der Waals surface area contributed by atoms with Crippen molar-refractivity contribution in [3.05, 3.63) is 59.3 Å². The molecule has 1 aromatic heterocycles. The molecule has 0 bridgehead atoms. The van der Waals surface area contributed by atoms with Crippen LogP contribution in [0.5, 0.6) is 5.75 Å². The molecule has 1 amide bonds. The van der Waals surface area contributed by atoms with Gasteiger partial charge >= 0.3 is 0 Å². The minimum absolute atomic E-state index is 0.0288. The minimum Gasteiger partial charge on any atom is -0.507 e. The molecule has 1 saturated heterocycles. The van der Waals surface area contributed by atoms with Crippen molar-refractivity contribution in [1.29, 1.82) is 0 Å². The van der Waals surface area contributed by atoms with Crippen molar-refractivity contribution in [3.63, 3.8) is 0 Å². The summed E-state index contributed by atoms with van der Waals surface area (Å²) in [7, 11) is 0. The van der Waals surface area contributed by atoms with Crippen LogP contribution >= 0.6 is 0 Å². The van der Waals surface area contributed by atoms with Crippen LogP contribution in [0, 0.1) is 0 Å². The number of carbonyl (C=O) groups is 1. The summed E-state index contributed by atoms with van der Waals surface area (Å²) in [5.41, 5.74) is 17.0. The van der Waals surface area contributed by atoms with Gasteiger partial charge in [0.25, 0.3) is 0 Å². The number of phenols is 1. The van der Waals surface area contributed by atoms with Crippen LogP contribution < -0.4 is 11.5 Å². The van der Waals surface area contributed by atoms with E-state index in [1.165, 1.54) is 11.6 Å². The fraction of sp³-hybridized carbons (Fsp3) is 0.318. The molecule has 1 unspecified atom stereocenters. The first-order chi connectivity index (χ1) is 13.5. The Balaban J connectivity index is 1.70. The van der Waals surface area contributed by atoms with Crippen LogP contribution in [0.3, 0.4) is 0 Å². The summed E-state index contributed by atoms with van der Waals surface area (Å²) in [6, 6.07) is 7.01. The first-order valence-electron chi connectivity index (χ1n) is 9.67. The molecular formula is C22H26N4O2. The molecule has 28 heavy (non-hydrogen) atoms. The third-order valence-electron chi connectivity index (χ3n) is 5.72. The van der Waals surface area contributed by atoms with E-state index in [9.17, 15) is 9.90 Å². The molecule has 6 heteroatoms. The maximum Gasteiger partial charge on any atom is 0.245 e. The summed E-state index contributed by atoms with van der Waals surface area (Å²) < 4.78 is 0. The second kappa shape index (κ2) is 7.11. The van der Waals surface area contributed by atoms with Gasteiger partial charge in [-0.05, 0) is 55.0 Å². The van der Waals surface area contributed by atoms with Crippen LogP contribution in [0.2, 0.25) is 0 Å². The van der Waals surface area contributed by atoms with Crippen LogP contribution in [-0.4, -0.2) is 34.0 Å². The van der Waals surface area contributed by atoms with Crippen molar-refractivity contribution in [1.82, 2.24) is 9.88 Å². The van der Waals surface area contributed by atoms with Gasteiger partial charge in [0.15, 0.2) is 0 Å². The zero-order chi connectivity index (χ0) is 19.8. The molecule has 146 valence electrons. The maximum absolute atomic E-state index is 12.0. The molecule has 1 saturated carbocycles. The van der Waals surface area contributed by atoms with Gasteiger partial charge in [0, 0.05) is 41.5 Å². The molecule has 1 aliphatic carbocycles. The molecule has 2 heterocycles. The molecule has 1 aliphatic heterocycles. The van der Waals surface area contributed by atoms with Crippen LogP contribution in [-0.2, 0) is 4.79 Å². The number of aromatic hydroxyl groups is 1. The minimum atomic E-state index is -0.0288. The highest BCUT2D eigenvalue weighted by Crippen LogP contribution is 2.48. The van der Waals surface area contributed by atoms with Crippen LogP contribution in [0.15, 0.2) is 36.9 Å². The number of para-hydroxylation sites is 1. The summed E-state index contributed by atoms with van der Waals surface area (Å²) in [5.74, 6) is 1.40. The number of nitrogen functional groups attached to an aromatic ring is 1. The topological polar surface area (TPSA) is 108 Å². The number of benzene rings is 1. The van der Waals surface area contributed by atoms with Crippen molar-refractivity contribution < 1.29 is 9.90 Å². The summed E-state index contributed by atoms with van der Waals surface area (Å²) in [4.78, 5) is 17.2. The average molecular weight is 378 g/mol. The highest BCUT2D eigenvalue weighted by molar-refractivity contribution is 5.88. The summed E-state index contributed by atoms with van der Waals surface area (Å²) in [6.07, 6.45) is 6.39. The van der Waals surface area contributed by atoms with E-state index in [2.05, 4.69) is 11.6 Å². The normalized spacial score (nSPS) is 19.8. The van der Waals surface area contributed by atoms with E-state index in [1.54, 1.807) is 18.2 Å². The first kappa shape index (κ1) is 18.2. The number of likely N-dealkylation sites (tertiary alicyclic amines) is 1. The summed E-state index contributed by atoms with van der Waals surface area (Å²) in [6.45, 7) is 4.98. The number of hydrogen-bond acceptors (Lipinski definition) is 4. The standard InChI is InChI=1S/C22H26N4O2/c1-2-19(28)26-10-9-14(12-26)21-20(13-7-8-13)16(22(24)25-21)11-17(23)15-5-3-4-6-18(15)27/h2-6,11,13-14,25,27H,1,7-10,12,23-24H2/b17-11-. The van der Waals surface area contributed by atoms with Gasteiger partial charge in [-0.2, -0.15) is 0 Å². The molecule has 0 spiro atoms. The number of H-pyrrole nitrogens is 1. The quantitative estimate of drug-likeness (QED) is 0.599. The van der Waals surface area contributed by atoms with Crippen molar-refractivity contribution in [2.24, 2.45) is 5.73 Å². The predicted molar refractivity (Wildman–Crippen MR) is 111 cm³/mol. The highest BCUT2D eigenvalue weighted by Gasteiger charge is 2.36. The van der Waals surface area contributed by atoms with Crippen molar-refractivity contribution in [2.45, 2.75) is 31.1 Å². The summed E-state index contributed by atoms with van der Waals surface area (Å²) in [5, 5.41) is 10.1. The Hall–Kier alpha value is -3.15. The Kier molecular flexibility index (Phi) is 4.63. The van der Waals surface area contributed by atoms with E-state index < -0.39 is 0 Å². The maximum atomic E-state index is 12.0. The average Bonchev–Trinajstić information content (AvgIpc) is 3.31. The third kappa shape index (κ3) is 3.26. The molecular weight excluding hydrogens is 352 g/mol. The Labute approximate surface area is 164 Å². The SMILES string of the molecule is C=CC(=O)N1CCC(c2[nH]c(N)c(/C=C(\N)c3ccccc3O)c2C2CC2)C1. The van der Waals surface area contributed by atoms with Crippen LogP contribution in [0.25, 0.3) is 11.8 Å². The highest BCUT2D eigenvalue weighted by atomic mass is 16.3. The van der Waals surface area contributed by atoms with E-state index in [0.29, 0.717) is 29.5 Å². The lowest BCUT2D eigenvalue weighted by atomic mass is 9.95. The zero-order valence-electron chi connectivity index (χ0n) is 15.8. The molecule has 6 nitrogen and oxygen atoms in total. The smallest absolute Gasteiger partial charge is 0.245 e. The Morgan fingerprint density at radius 1 is 1.25 bits per heavy atom. The number of nitrogens with zero attached hydrogens (tertiary/aromatic N) is 1. The zero-order valence-corrected chi connectivity index (χ0v) is 15.8. The lowest BCUT2D eigenvalue weighted by Crippen LogP contribution is -2.26. The van der Waals surface area contributed by atoms with E-state index in [4.69, 9.17) is 11.5 Å². The first-order valence-corrected chi connectivity index (χ1v) is 9.67. The summed E-state index contributed by atoms with van der Waals surface area (Å²) >= 11 is 0. The number of phenolic OH excluding ortho intramolecular Hbond substituents is 1. The van der Waals surface area contributed by atoms with E-state index >= 15 is 0 Å². The number of aromatic amines is 1. The molecule has 2 aliphatic rings. The van der Waals surface area contributed by atoms with Gasteiger partial charge in [-0.15, -0.1) is 0 Å². The number of amides is 1. The lowest BCUT2D eigenvalue weighted by molar-refractivity contribution is -0.125. The number of nitrogens with one attached hydrogen (secondary N) is 1. The Morgan fingerprint density at radius 3 is 2.68 bits per heavy atom. The van der Waals surface area contributed by atoms with Crippen LogP contribution in [0.1, 0.15) is 53.5 Å². The van der Waals surface area contributed by atoms with Gasteiger partial charge in [0.2, 0.25) is 5.91 Å². The van der Waals surface area contributed by atoms with Gasteiger partial charge in [-0.3, -0.25) is 4.79 Å². The largest absolute Gasteiger partial charge is 0.507 e. The third-order valence-corrected chi connectivity index (χ3v) is 5.72. The Bertz CT molecular complexity index is 955. The van der Waals surface area contributed by atoms with Crippen molar-refractivity contribution in [2.75, 3.05) is 18.8 Å². The number of nitrogens with two attached hydrogens (primary N) is 2. The number of aromatic nitrogens is 1. The fourth-order valence-electron chi connectivity index (χ4n) is 4.14.